The summed E-state index contributed by atoms with van der Waals surface area (Å²) in [6.07, 6.45) is -0.583. The Labute approximate surface area is 95.1 Å². The van der Waals surface area contributed by atoms with Crippen molar-refractivity contribution in [2.45, 2.75) is 12.6 Å². The molecule has 1 aliphatic heterocycles. The van der Waals surface area contributed by atoms with Crippen LogP contribution in [0.25, 0.3) is 0 Å². The van der Waals surface area contributed by atoms with Gasteiger partial charge in [0, 0.05) is 0 Å². The van der Waals surface area contributed by atoms with Crippen molar-refractivity contribution in [3.05, 3.63) is 10.6 Å². The molecular formula is C8H9N3O4S. The first-order chi connectivity index (χ1) is 7.69. The zero-order chi connectivity index (χ0) is 11.7. The monoisotopic (exact) mass is 243 g/mol. The summed E-state index contributed by atoms with van der Waals surface area (Å²) in [5, 5.41) is 3.84. The van der Waals surface area contributed by atoms with Crippen LogP contribution in [-0.4, -0.2) is 40.8 Å². The zero-order valence-electron chi connectivity index (χ0n) is 8.67. The summed E-state index contributed by atoms with van der Waals surface area (Å²) >= 11 is 1.08. The lowest BCUT2D eigenvalue weighted by Gasteiger charge is -2.20. The normalized spacial score (nSPS) is 18.1. The van der Waals surface area contributed by atoms with Crippen molar-refractivity contribution in [1.29, 1.82) is 0 Å². The Kier molecular flexibility index (Phi) is 2.73. The number of carbonyl (C=O) groups is 2. The average molecular weight is 243 g/mol. The van der Waals surface area contributed by atoms with E-state index in [1.807, 2.05) is 0 Å². The number of carbonyl (C=O) groups excluding carboxylic acids is 2. The molecule has 0 saturated carbocycles. The number of amides is 1. The molecule has 2 heterocycles. The van der Waals surface area contributed by atoms with Crippen molar-refractivity contribution in [2.75, 3.05) is 14.2 Å². The van der Waals surface area contributed by atoms with Gasteiger partial charge in [-0.25, -0.2) is 9.59 Å². The van der Waals surface area contributed by atoms with Crippen molar-refractivity contribution in [1.82, 2.24) is 14.5 Å². The number of nitrogens with zero attached hydrogens (tertiary/aromatic N) is 3. The van der Waals surface area contributed by atoms with Gasteiger partial charge in [-0.05, 0) is 11.5 Å². The van der Waals surface area contributed by atoms with Crippen molar-refractivity contribution in [2.24, 2.45) is 0 Å². The van der Waals surface area contributed by atoms with Gasteiger partial charge in [-0.2, -0.15) is 0 Å². The molecule has 1 aromatic rings. The van der Waals surface area contributed by atoms with Crippen LogP contribution in [0, 0.1) is 0 Å². The summed E-state index contributed by atoms with van der Waals surface area (Å²) in [6.45, 7) is 0.221. The molecule has 0 aromatic carbocycles. The summed E-state index contributed by atoms with van der Waals surface area (Å²) in [5.41, 5.74) is 0.616. The lowest BCUT2D eigenvalue weighted by atomic mass is 10.2. The fraction of sp³-hybridized carbons (Fsp3) is 0.500. The number of hydrogen-bond acceptors (Lipinski definition) is 7. The van der Waals surface area contributed by atoms with E-state index in [0.29, 0.717) is 10.6 Å². The molecule has 8 heteroatoms. The van der Waals surface area contributed by atoms with Gasteiger partial charge >= 0.3 is 12.1 Å². The van der Waals surface area contributed by atoms with E-state index >= 15 is 0 Å². The number of ether oxygens (including phenoxy) is 2. The van der Waals surface area contributed by atoms with Gasteiger partial charge in [0.1, 0.15) is 5.69 Å². The molecule has 16 heavy (non-hydrogen) atoms. The van der Waals surface area contributed by atoms with E-state index in [4.69, 9.17) is 0 Å². The molecule has 0 spiro atoms. The lowest BCUT2D eigenvalue weighted by Crippen LogP contribution is -2.34. The van der Waals surface area contributed by atoms with Gasteiger partial charge in [-0.15, -0.1) is 5.10 Å². The maximum Gasteiger partial charge on any atom is 0.410 e. The van der Waals surface area contributed by atoms with Crippen LogP contribution in [-0.2, 0) is 20.8 Å². The first-order valence-corrected chi connectivity index (χ1v) is 5.20. The Bertz CT molecular complexity index is 433. The topological polar surface area (TPSA) is 81.6 Å². The predicted molar refractivity (Wildman–Crippen MR) is 52.6 cm³/mol. The third-order valence-electron chi connectivity index (χ3n) is 2.30. The van der Waals surface area contributed by atoms with Crippen molar-refractivity contribution in [3.8, 4) is 0 Å². The highest BCUT2D eigenvalue weighted by molar-refractivity contribution is 7.05. The van der Waals surface area contributed by atoms with Gasteiger partial charge < -0.3 is 9.47 Å². The molecule has 1 amide bonds. The number of hydrogen-bond donors (Lipinski definition) is 0. The highest BCUT2D eigenvalue weighted by atomic mass is 32.1. The molecule has 1 aromatic heterocycles. The molecule has 7 nitrogen and oxygen atoms in total. The largest absolute Gasteiger partial charge is 0.467 e. The molecule has 0 radical (unpaired) electrons. The lowest BCUT2D eigenvalue weighted by molar-refractivity contribution is -0.146. The molecule has 0 unspecified atom stereocenters. The summed E-state index contributed by atoms with van der Waals surface area (Å²) < 4.78 is 13.0. The Morgan fingerprint density at radius 2 is 2.19 bits per heavy atom. The first-order valence-electron chi connectivity index (χ1n) is 4.42. The average Bonchev–Trinajstić information content (AvgIpc) is 2.86. The molecule has 0 aliphatic carbocycles. The molecule has 0 N–H and O–H groups in total. The van der Waals surface area contributed by atoms with Gasteiger partial charge in [0.2, 0.25) is 0 Å². The van der Waals surface area contributed by atoms with Gasteiger partial charge in [0.15, 0.2) is 6.04 Å². The Morgan fingerprint density at radius 1 is 1.44 bits per heavy atom. The van der Waals surface area contributed by atoms with Gasteiger partial charge in [-0.3, -0.25) is 4.90 Å². The van der Waals surface area contributed by atoms with E-state index in [1.54, 1.807) is 0 Å². The maximum absolute atomic E-state index is 11.6. The molecule has 1 aliphatic rings. The van der Waals surface area contributed by atoms with Gasteiger partial charge in [0.25, 0.3) is 0 Å². The van der Waals surface area contributed by atoms with Gasteiger partial charge in [0.05, 0.1) is 25.6 Å². The number of fused-ring (bicyclic) bond motifs is 1. The molecule has 2 rings (SSSR count). The molecule has 86 valence electrons. The van der Waals surface area contributed by atoms with E-state index in [-0.39, 0.29) is 6.54 Å². The Morgan fingerprint density at radius 3 is 2.81 bits per heavy atom. The van der Waals surface area contributed by atoms with E-state index in [9.17, 15) is 9.59 Å². The van der Waals surface area contributed by atoms with Crippen molar-refractivity contribution < 1.29 is 19.1 Å². The standard InChI is InChI=1S/C8H9N3O4S/c1-14-7(12)5-6-4(9-10-16-6)3-11(5)8(13)15-2/h5H,3H2,1-2H3/t5-/m0/s1. The summed E-state index contributed by atoms with van der Waals surface area (Å²) in [6, 6.07) is -0.785. The minimum absolute atomic E-state index is 0.221. The number of esters is 1. The SMILES string of the molecule is COC(=O)[C@@H]1c2snnc2CN1C(=O)OC. The number of methoxy groups -OCH3 is 2. The summed E-state index contributed by atoms with van der Waals surface area (Å²) in [7, 11) is 2.53. The van der Waals surface area contributed by atoms with E-state index in [0.717, 1.165) is 11.5 Å². The molecule has 1 atom stereocenters. The fourth-order valence-corrected chi connectivity index (χ4v) is 2.32. The van der Waals surface area contributed by atoms with Crippen LogP contribution in [0.2, 0.25) is 0 Å². The maximum atomic E-state index is 11.6. The van der Waals surface area contributed by atoms with E-state index < -0.39 is 18.1 Å². The first kappa shape index (κ1) is 10.8. The van der Waals surface area contributed by atoms with Crippen LogP contribution in [0.5, 0.6) is 0 Å². The summed E-state index contributed by atoms with van der Waals surface area (Å²) in [4.78, 5) is 25.0. The minimum atomic E-state index is -0.785. The van der Waals surface area contributed by atoms with E-state index in [2.05, 4.69) is 19.1 Å². The van der Waals surface area contributed by atoms with Crippen LogP contribution in [0.4, 0.5) is 4.79 Å². The van der Waals surface area contributed by atoms with Crippen molar-refractivity contribution in [3.63, 3.8) is 0 Å². The Balaban J connectivity index is 2.34. The predicted octanol–water partition coefficient (Wildman–Crippen LogP) is 0.334. The summed E-state index contributed by atoms with van der Waals surface area (Å²) in [5.74, 6) is -0.518. The molecule has 0 fully saturated rings. The molecular weight excluding hydrogens is 234 g/mol. The molecule has 0 saturated heterocycles. The van der Waals surface area contributed by atoms with Crippen molar-refractivity contribution >= 4 is 23.6 Å². The van der Waals surface area contributed by atoms with Crippen LogP contribution in [0.3, 0.4) is 0 Å². The zero-order valence-corrected chi connectivity index (χ0v) is 9.48. The highest BCUT2D eigenvalue weighted by Gasteiger charge is 2.42. The number of aromatic nitrogens is 2. The third-order valence-corrected chi connectivity index (χ3v) is 3.12. The minimum Gasteiger partial charge on any atom is -0.467 e. The van der Waals surface area contributed by atoms with Crippen LogP contribution in [0.1, 0.15) is 16.6 Å². The quantitative estimate of drug-likeness (QED) is 0.661. The van der Waals surface area contributed by atoms with E-state index in [1.165, 1.54) is 19.1 Å². The number of rotatable bonds is 1. The third kappa shape index (κ3) is 1.51. The second-order valence-corrected chi connectivity index (χ2v) is 3.89. The van der Waals surface area contributed by atoms with Crippen LogP contribution >= 0.6 is 11.5 Å². The fourth-order valence-electron chi connectivity index (χ4n) is 1.56. The second-order valence-electron chi connectivity index (χ2n) is 3.11. The second kappa shape index (κ2) is 4.05. The Hall–Kier alpha value is -1.70. The smallest absolute Gasteiger partial charge is 0.410 e. The molecule has 0 bridgehead atoms. The van der Waals surface area contributed by atoms with Crippen LogP contribution in [0.15, 0.2) is 0 Å². The van der Waals surface area contributed by atoms with Gasteiger partial charge in [-0.1, -0.05) is 4.49 Å². The van der Waals surface area contributed by atoms with Crippen LogP contribution < -0.4 is 0 Å². The highest BCUT2D eigenvalue weighted by Crippen LogP contribution is 2.35.